The smallest absolute Gasteiger partial charge is 0.303 e. The first-order valence-corrected chi connectivity index (χ1v) is 10.0. The number of carbonyl (C=O) groups is 1. The van der Waals surface area contributed by atoms with Crippen LogP contribution in [0.1, 0.15) is 43.2 Å². The summed E-state index contributed by atoms with van der Waals surface area (Å²) in [5.41, 5.74) is 1.93. The summed E-state index contributed by atoms with van der Waals surface area (Å²) >= 11 is 0. The Hall–Kier alpha value is -2.39. The normalized spacial score (nSPS) is 25.2. The van der Waals surface area contributed by atoms with E-state index in [1.807, 2.05) is 43.3 Å². The van der Waals surface area contributed by atoms with Crippen LogP contribution in [0.3, 0.4) is 0 Å². The molecule has 0 radical (unpaired) electrons. The van der Waals surface area contributed by atoms with Crippen LogP contribution in [0, 0.1) is 30.6 Å². The van der Waals surface area contributed by atoms with Crippen molar-refractivity contribution >= 4 is 5.97 Å². The average molecular weight is 398 g/mol. The number of carboxylic acid groups (broad SMARTS) is 1. The molecule has 0 saturated heterocycles. The lowest BCUT2D eigenvalue weighted by molar-refractivity contribution is -0.137. The van der Waals surface area contributed by atoms with Gasteiger partial charge in [0.05, 0.1) is 12.2 Å². The Morgan fingerprint density at radius 2 is 2.07 bits per heavy atom. The molecule has 1 unspecified atom stereocenters. The molecule has 1 aromatic rings. The summed E-state index contributed by atoms with van der Waals surface area (Å²) in [6.45, 7) is 1.98. The molecule has 1 aliphatic carbocycles. The molecule has 156 valence electrons. The summed E-state index contributed by atoms with van der Waals surface area (Å²) in [5, 5.41) is 39.3. The van der Waals surface area contributed by atoms with E-state index < -0.39 is 24.3 Å². The molecule has 1 aromatic carbocycles. The second kappa shape index (κ2) is 11.6. The van der Waals surface area contributed by atoms with E-state index in [2.05, 4.69) is 11.8 Å². The second-order valence-electron chi connectivity index (χ2n) is 7.57. The molecule has 0 heterocycles. The minimum Gasteiger partial charge on any atom is -0.481 e. The summed E-state index contributed by atoms with van der Waals surface area (Å²) in [5.74, 6) is 4.51. The van der Waals surface area contributed by atoms with E-state index in [0.717, 1.165) is 11.1 Å². The average Bonchev–Trinajstić information content (AvgIpc) is 2.93. The fourth-order valence-electron chi connectivity index (χ4n) is 3.61. The van der Waals surface area contributed by atoms with Gasteiger partial charge in [-0.25, -0.2) is 0 Å². The van der Waals surface area contributed by atoms with Gasteiger partial charge in [0.15, 0.2) is 0 Å². The predicted octanol–water partition coefficient (Wildman–Crippen LogP) is 2.82. The van der Waals surface area contributed by atoms with Crippen LogP contribution >= 0.6 is 0 Å². The maximum absolute atomic E-state index is 10.5. The van der Waals surface area contributed by atoms with Gasteiger partial charge in [-0.05, 0) is 55.9 Å². The standard InChI is InChI=1S/C24H30O5/c1-17-7-6-8-18(15-17)11-12-19(25)13-14-21-20(22(26)16-23(21)27)9-4-2-3-5-10-24(28)29/h2,4,6-8,13-15,19-23,25-27H,3,5,9-10,16H2,1H3,(H,28,29)/b4-2-,14-13+/t19?,20-,21-,22+,23-/m1/s1. The molecule has 0 aliphatic heterocycles. The monoisotopic (exact) mass is 398 g/mol. The van der Waals surface area contributed by atoms with Gasteiger partial charge in [0.1, 0.15) is 6.10 Å². The number of aryl methyl sites for hydroxylation is 1. The summed E-state index contributed by atoms with van der Waals surface area (Å²) in [6, 6.07) is 7.72. The van der Waals surface area contributed by atoms with Crippen LogP contribution in [0.4, 0.5) is 0 Å². The highest BCUT2D eigenvalue weighted by atomic mass is 16.4. The highest BCUT2D eigenvalue weighted by Crippen LogP contribution is 2.36. The number of aliphatic hydroxyl groups excluding tert-OH is 3. The van der Waals surface area contributed by atoms with Crippen molar-refractivity contribution in [2.75, 3.05) is 0 Å². The van der Waals surface area contributed by atoms with Gasteiger partial charge in [-0.1, -0.05) is 42.2 Å². The Morgan fingerprint density at radius 3 is 2.79 bits per heavy atom. The molecule has 1 fully saturated rings. The zero-order valence-electron chi connectivity index (χ0n) is 16.7. The van der Waals surface area contributed by atoms with Crippen molar-refractivity contribution in [3.63, 3.8) is 0 Å². The molecule has 5 atom stereocenters. The molecule has 0 bridgehead atoms. The van der Waals surface area contributed by atoms with Crippen LogP contribution in [-0.2, 0) is 4.79 Å². The summed E-state index contributed by atoms with van der Waals surface area (Å²) < 4.78 is 0. The van der Waals surface area contributed by atoms with E-state index in [1.54, 1.807) is 12.2 Å². The van der Waals surface area contributed by atoms with Gasteiger partial charge in [-0.3, -0.25) is 4.79 Å². The number of benzene rings is 1. The second-order valence-corrected chi connectivity index (χ2v) is 7.57. The number of unbranched alkanes of at least 4 members (excludes halogenated alkanes) is 1. The van der Waals surface area contributed by atoms with Crippen LogP contribution < -0.4 is 0 Å². The quantitative estimate of drug-likeness (QED) is 0.307. The number of aliphatic carboxylic acids is 1. The number of aliphatic hydroxyl groups is 3. The van der Waals surface area contributed by atoms with Crippen molar-refractivity contribution in [1.82, 2.24) is 0 Å². The molecular formula is C24H30O5. The molecule has 1 saturated carbocycles. The van der Waals surface area contributed by atoms with Crippen molar-refractivity contribution in [2.45, 2.75) is 57.3 Å². The molecule has 0 amide bonds. The maximum Gasteiger partial charge on any atom is 0.303 e. The first-order valence-electron chi connectivity index (χ1n) is 10.0. The lowest BCUT2D eigenvalue weighted by atomic mass is 9.89. The molecule has 0 aromatic heterocycles. The van der Waals surface area contributed by atoms with E-state index in [9.17, 15) is 20.1 Å². The van der Waals surface area contributed by atoms with Gasteiger partial charge in [0, 0.05) is 24.3 Å². The lowest BCUT2D eigenvalue weighted by Crippen LogP contribution is -2.20. The zero-order chi connectivity index (χ0) is 21.2. The van der Waals surface area contributed by atoms with Gasteiger partial charge >= 0.3 is 5.97 Å². The molecule has 5 nitrogen and oxygen atoms in total. The van der Waals surface area contributed by atoms with Gasteiger partial charge in [0.2, 0.25) is 0 Å². The van der Waals surface area contributed by atoms with Crippen molar-refractivity contribution in [3.05, 3.63) is 59.7 Å². The first kappa shape index (κ1) is 22.9. The fourth-order valence-corrected chi connectivity index (χ4v) is 3.61. The molecule has 1 aliphatic rings. The third-order valence-corrected chi connectivity index (χ3v) is 5.15. The van der Waals surface area contributed by atoms with Crippen molar-refractivity contribution in [1.29, 1.82) is 0 Å². The van der Waals surface area contributed by atoms with E-state index >= 15 is 0 Å². The van der Waals surface area contributed by atoms with Gasteiger partial charge in [-0.2, -0.15) is 0 Å². The van der Waals surface area contributed by atoms with E-state index in [4.69, 9.17) is 5.11 Å². The largest absolute Gasteiger partial charge is 0.481 e. The zero-order valence-corrected chi connectivity index (χ0v) is 16.7. The summed E-state index contributed by atoms with van der Waals surface area (Å²) in [6.07, 6.45) is 7.23. The highest BCUT2D eigenvalue weighted by Gasteiger charge is 2.39. The Kier molecular flexibility index (Phi) is 9.14. The Bertz CT molecular complexity index is 786. The number of carboxylic acids is 1. The SMILES string of the molecule is Cc1cccc(C#CC(O)/C=C/[C@@H]2[C@@H](C/C=C\CCCC(=O)O)[C@@H](O)C[C@H]2O)c1. The van der Waals surface area contributed by atoms with Gasteiger partial charge in [-0.15, -0.1) is 0 Å². The topological polar surface area (TPSA) is 98.0 Å². The Labute approximate surface area is 172 Å². The molecule has 0 spiro atoms. The number of hydrogen-bond donors (Lipinski definition) is 4. The molecule has 4 N–H and O–H groups in total. The van der Waals surface area contributed by atoms with Gasteiger partial charge in [0.25, 0.3) is 0 Å². The van der Waals surface area contributed by atoms with E-state index in [1.165, 1.54) is 0 Å². The number of rotatable bonds is 8. The van der Waals surface area contributed by atoms with Crippen molar-refractivity contribution < 1.29 is 25.2 Å². The number of hydrogen-bond acceptors (Lipinski definition) is 4. The third-order valence-electron chi connectivity index (χ3n) is 5.15. The minimum atomic E-state index is -0.951. The highest BCUT2D eigenvalue weighted by molar-refractivity contribution is 5.66. The van der Waals surface area contributed by atoms with Crippen molar-refractivity contribution in [3.8, 4) is 11.8 Å². The van der Waals surface area contributed by atoms with Crippen LogP contribution in [-0.4, -0.2) is 44.7 Å². The first-order chi connectivity index (χ1) is 13.9. The maximum atomic E-state index is 10.5. The van der Waals surface area contributed by atoms with Crippen LogP contribution in [0.2, 0.25) is 0 Å². The van der Waals surface area contributed by atoms with Crippen molar-refractivity contribution in [2.24, 2.45) is 11.8 Å². The summed E-state index contributed by atoms with van der Waals surface area (Å²) in [4.78, 5) is 10.5. The molecular weight excluding hydrogens is 368 g/mol. The number of allylic oxidation sites excluding steroid dienone is 2. The molecule has 29 heavy (non-hydrogen) atoms. The van der Waals surface area contributed by atoms with E-state index in [0.29, 0.717) is 25.7 Å². The minimum absolute atomic E-state index is 0.141. The van der Waals surface area contributed by atoms with Gasteiger partial charge < -0.3 is 20.4 Å². The predicted molar refractivity (Wildman–Crippen MR) is 112 cm³/mol. The molecule has 2 rings (SSSR count). The summed E-state index contributed by atoms with van der Waals surface area (Å²) in [7, 11) is 0. The third kappa shape index (κ3) is 7.86. The fraction of sp³-hybridized carbons (Fsp3) is 0.458. The Balaban J connectivity index is 1.92. The lowest BCUT2D eigenvalue weighted by Gasteiger charge is -2.19. The van der Waals surface area contributed by atoms with E-state index in [-0.39, 0.29) is 18.3 Å². The Morgan fingerprint density at radius 1 is 1.28 bits per heavy atom. The van der Waals surface area contributed by atoms with Crippen LogP contribution in [0.5, 0.6) is 0 Å². The van der Waals surface area contributed by atoms with Crippen LogP contribution in [0.15, 0.2) is 48.6 Å². The molecule has 5 heteroatoms. The van der Waals surface area contributed by atoms with Crippen LogP contribution in [0.25, 0.3) is 0 Å².